The van der Waals surface area contributed by atoms with Crippen molar-refractivity contribution in [2.75, 3.05) is 10.7 Å². The quantitative estimate of drug-likeness (QED) is 0.558. The fraction of sp³-hybridized carbons (Fsp3) is 0.417. The molecule has 0 saturated heterocycles. The SMILES string of the molecule is CCn1ccc(Nc2cc(NN)nc(C3CC3)n2)n1. The minimum Gasteiger partial charge on any atom is -0.323 e. The topological polar surface area (TPSA) is 93.7 Å². The van der Waals surface area contributed by atoms with E-state index in [0.717, 1.165) is 31.0 Å². The van der Waals surface area contributed by atoms with Crippen LogP contribution in [0.25, 0.3) is 0 Å². The zero-order valence-electron chi connectivity index (χ0n) is 10.8. The third-order valence-corrected chi connectivity index (χ3v) is 3.05. The zero-order valence-corrected chi connectivity index (χ0v) is 10.8. The van der Waals surface area contributed by atoms with Gasteiger partial charge in [-0.1, -0.05) is 0 Å². The van der Waals surface area contributed by atoms with E-state index in [-0.39, 0.29) is 0 Å². The molecule has 2 heterocycles. The van der Waals surface area contributed by atoms with Crippen LogP contribution in [0.4, 0.5) is 17.5 Å². The lowest BCUT2D eigenvalue weighted by molar-refractivity contribution is 0.662. The average molecular weight is 259 g/mol. The lowest BCUT2D eigenvalue weighted by Gasteiger charge is -2.07. The standard InChI is InChI=1S/C12H17N7/c1-2-19-6-5-9(18-19)14-10-7-11(17-13)16-12(15-10)8-3-4-8/h5-8H,2-4,13H2,1H3,(H2,14,15,16,17,18). The highest BCUT2D eigenvalue weighted by molar-refractivity contribution is 5.55. The second-order valence-corrected chi connectivity index (χ2v) is 4.60. The van der Waals surface area contributed by atoms with Crippen molar-refractivity contribution < 1.29 is 0 Å². The molecule has 0 spiro atoms. The van der Waals surface area contributed by atoms with Crippen molar-refractivity contribution in [3.63, 3.8) is 0 Å². The maximum atomic E-state index is 5.44. The highest BCUT2D eigenvalue weighted by atomic mass is 15.3. The summed E-state index contributed by atoms with van der Waals surface area (Å²) in [5.41, 5.74) is 2.58. The Morgan fingerprint density at radius 1 is 1.32 bits per heavy atom. The number of aromatic nitrogens is 4. The molecule has 0 atom stereocenters. The van der Waals surface area contributed by atoms with E-state index in [1.165, 1.54) is 0 Å². The molecule has 2 aromatic heterocycles. The van der Waals surface area contributed by atoms with Gasteiger partial charge in [0.2, 0.25) is 0 Å². The summed E-state index contributed by atoms with van der Waals surface area (Å²) in [5.74, 6) is 8.86. The normalized spacial score (nSPS) is 14.4. The van der Waals surface area contributed by atoms with Gasteiger partial charge in [0.1, 0.15) is 17.5 Å². The molecule has 19 heavy (non-hydrogen) atoms. The van der Waals surface area contributed by atoms with E-state index in [4.69, 9.17) is 5.84 Å². The molecule has 4 N–H and O–H groups in total. The molecule has 0 aliphatic heterocycles. The van der Waals surface area contributed by atoms with Crippen LogP contribution >= 0.6 is 0 Å². The van der Waals surface area contributed by atoms with Gasteiger partial charge in [0, 0.05) is 30.8 Å². The van der Waals surface area contributed by atoms with Crippen molar-refractivity contribution in [1.82, 2.24) is 19.7 Å². The summed E-state index contributed by atoms with van der Waals surface area (Å²) in [6, 6.07) is 3.69. The molecule has 100 valence electrons. The molecule has 0 aromatic carbocycles. The first kappa shape index (κ1) is 11.9. The summed E-state index contributed by atoms with van der Waals surface area (Å²) in [6.45, 7) is 2.89. The number of nitrogens with zero attached hydrogens (tertiary/aromatic N) is 4. The van der Waals surface area contributed by atoms with Crippen LogP contribution in [-0.2, 0) is 6.54 Å². The van der Waals surface area contributed by atoms with Crippen LogP contribution < -0.4 is 16.6 Å². The molecule has 7 heteroatoms. The van der Waals surface area contributed by atoms with Gasteiger partial charge in [0.25, 0.3) is 0 Å². The smallest absolute Gasteiger partial charge is 0.153 e. The summed E-state index contributed by atoms with van der Waals surface area (Å²) < 4.78 is 1.85. The first-order valence-corrected chi connectivity index (χ1v) is 6.44. The highest BCUT2D eigenvalue weighted by Gasteiger charge is 2.27. The van der Waals surface area contributed by atoms with E-state index in [0.29, 0.717) is 17.6 Å². The van der Waals surface area contributed by atoms with Crippen LogP contribution in [-0.4, -0.2) is 19.7 Å². The molecule has 0 unspecified atom stereocenters. The van der Waals surface area contributed by atoms with Crippen LogP contribution in [0, 0.1) is 0 Å². The number of nitrogens with one attached hydrogen (secondary N) is 2. The van der Waals surface area contributed by atoms with E-state index in [1.807, 2.05) is 23.9 Å². The van der Waals surface area contributed by atoms with Gasteiger partial charge in [-0.3, -0.25) is 4.68 Å². The maximum Gasteiger partial charge on any atom is 0.153 e. The second-order valence-electron chi connectivity index (χ2n) is 4.60. The first-order chi connectivity index (χ1) is 9.28. The Morgan fingerprint density at radius 3 is 2.74 bits per heavy atom. The third kappa shape index (κ3) is 2.65. The van der Waals surface area contributed by atoms with E-state index in [1.54, 1.807) is 6.07 Å². The lowest BCUT2D eigenvalue weighted by atomic mass is 10.4. The monoisotopic (exact) mass is 259 g/mol. The first-order valence-electron chi connectivity index (χ1n) is 6.44. The van der Waals surface area contributed by atoms with Crippen LogP contribution in [0.5, 0.6) is 0 Å². The predicted octanol–water partition coefficient (Wildman–Crippen LogP) is 1.60. The van der Waals surface area contributed by atoms with Crippen molar-refractivity contribution in [2.24, 2.45) is 5.84 Å². The van der Waals surface area contributed by atoms with Crippen LogP contribution in [0.2, 0.25) is 0 Å². The van der Waals surface area contributed by atoms with Gasteiger partial charge >= 0.3 is 0 Å². The van der Waals surface area contributed by atoms with Gasteiger partial charge in [-0.15, -0.1) is 0 Å². The van der Waals surface area contributed by atoms with Gasteiger partial charge in [0.05, 0.1) is 0 Å². The van der Waals surface area contributed by atoms with Gasteiger partial charge in [-0.05, 0) is 19.8 Å². The number of anilines is 3. The number of hydrazine groups is 1. The van der Waals surface area contributed by atoms with E-state index >= 15 is 0 Å². The van der Waals surface area contributed by atoms with Crippen LogP contribution in [0.3, 0.4) is 0 Å². The third-order valence-electron chi connectivity index (χ3n) is 3.05. The zero-order chi connectivity index (χ0) is 13.2. The Labute approximate surface area is 111 Å². The number of hydrogen-bond donors (Lipinski definition) is 3. The molecular weight excluding hydrogens is 242 g/mol. The summed E-state index contributed by atoms with van der Waals surface area (Å²) in [7, 11) is 0. The molecule has 1 saturated carbocycles. The van der Waals surface area contributed by atoms with E-state index in [2.05, 4.69) is 25.8 Å². The summed E-state index contributed by atoms with van der Waals surface area (Å²) in [6.07, 6.45) is 4.23. The van der Waals surface area contributed by atoms with Crippen molar-refractivity contribution in [1.29, 1.82) is 0 Å². The van der Waals surface area contributed by atoms with Gasteiger partial charge in [-0.25, -0.2) is 15.8 Å². The van der Waals surface area contributed by atoms with Gasteiger partial charge in [0.15, 0.2) is 5.82 Å². The number of rotatable bonds is 5. The largest absolute Gasteiger partial charge is 0.323 e. The molecule has 1 aliphatic carbocycles. The molecule has 1 aliphatic rings. The molecular formula is C12H17N7. The Bertz CT molecular complexity index is 573. The van der Waals surface area contributed by atoms with Gasteiger partial charge in [-0.2, -0.15) is 5.10 Å². The van der Waals surface area contributed by atoms with Crippen molar-refractivity contribution >= 4 is 17.5 Å². The molecule has 2 aromatic rings. The van der Waals surface area contributed by atoms with Crippen molar-refractivity contribution in [3.05, 3.63) is 24.2 Å². The van der Waals surface area contributed by atoms with E-state index in [9.17, 15) is 0 Å². The van der Waals surface area contributed by atoms with Crippen LogP contribution in [0.15, 0.2) is 18.3 Å². The summed E-state index contributed by atoms with van der Waals surface area (Å²) >= 11 is 0. The highest BCUT2D eigenvalue weighted by Crippen LogP contribution is 2.38. The second kappa shape index (κ2) is 4.85. The molecule has 0 amide bonds. The Morgan fingerprint density at radius 2 is 2.11 bits per heavy atom. The number of nitrogen functional groups attached to an aromatic ring is 1. The van der Waals surface area contributed by atoms with Gasteiger partial charge < -0.3 is 10.7 Å². The van der Waals surface area contributed by atoms with Crippen molar-refractivity contribution in [3.8, 4) is 0 Å². The molecule has 1 fully saturated rings. The lowest BCUT2D eigenvalue weighted by Crippen LogP contribution is -2.11. The predicted molar refractivity (Wildman–Crippen MR) is 73.0 cm³/mol. The van der Waals surface area contributed by atoms with Crippen LogP contribution in [0.1, 0.15) is 31.5 Å². The average Bonchev–Trinajstić information content (AvgIpc) is 3.19. The molecule has 7 nitrogen and oxygen atoms in total. The Kier molecular flexibility index (Phi) is 3.04. The maximum absolute atomic E-state index is 5.44. The summed E-state index contributed by atoms with van der Waals surface area (Å²) in [4.78, 5) is 8.87. The summed E-state index contributed by atoms with van der Waals surface area (Å²) in [5, 5.41) is 7.54. The Balaban J connectivity index is 1.84. The van der Waals surface area contributed by atoms with E-state index < -0.39 is 0 Å². The fourth-order valence-electron chi connectivity index (χ4n) is 1.86. The number of aryl methyl sites for hydroxylation is 1. The molecule has 0 bridgehead atoms. The molecule has 0 radical (unpaired) electrons. The minimum absolute atomic E-state index is 0.474. The minimum atomic E-state index is 0.474. The Hall–Kier alpha value is -2.15. The fourth-order valence-corrected chi connectivity index (χ4v) is 1.86. The van der Waals surface area contributed by atoms with Crippen molar-refractivity contribution in [2.45, 2.75) is 32.2 Å². The number of hydrogen-bond acceptors (Lipinski definition) is 6. The molecule has 3 rings (SSSR count). The number of nitrogens with two attached hydrogens (primary N) is 1.